The number of rotatable bonds is 0. The highest BCUT2D eigenvalue weighted by atomic mass is 16.6. The Morgan fingerprint density at radius 2 is 1.33 bits per heavy atom. The lowest BCUT2D eigenvalue weighted by atomic mass is 9.45. The maximum Gasteiger partial charge on any atom is 0.318 e. The molecule has 0 aromatic heterocycles. The van der Waals surface area contributed by atoms with Crippen LogP contribution in [-0.4, -0.2) is 23.9 Å². The summed E-state index contributed by atoms with van der Waals surface area (Å²) in [6, 6.07) is 8.25. The van der Waals surface area contributed by atoms with Crippen LogP contribution in [0.3, 0.4) is 0 Å². The highest BCUT2D eigenvalue weighted by molar-refractivity contribution is 6.02. The topological polar surface area (TPSA) is 86.7 Å². The fourth-order valence-corrected chi connectivity index (χ4v) is 7.88. The number of hydrogen-bond acceptors (Lipinski definition) is 6. The molecule has 5 aliphatic carbocycles. The van der Waals surface area contributed by atoms with Gasteiger partial charge in [-0.25, -0.2) is 0 Å². The van der Waals surface area contributed by atoms with E-state index in [1.54, 1.807) is 0 Å². The second-order valence-corrected chi connectivity index (χ2v) is 9.63. The summed E-state index contributed by atoms with van der Waals surface area (Å²) >= 11 is 0. The van der Waals surface area contributed by atoms with Gasteiger partial charge in [0.05, 0.1) is 23.7 Å². The van der Waals surface area contributed by atoms with Crippen molar-refractivity contribution in [3.05, 3.63) is 41.0 Å². The molecule has 2 heterocycles. The molecule has 2 saturated heterocycles. The predicted octanol–water partition coefficient (Wildman–Crippen LogP) is 2.30. The molecule has 30 heavy (non-hydrogen) atoms. The molecule has 7 aliphatic rings. The second kappa shape index (κ2) is 5.48. The molecule has 1 aromatic rings. The summed E-state index contributed by atoms with van der Waals surface area (Å²) < 4.78 is 10.2. The first-order valence-corrected chi connectivity index (χ1v) is 10.9. The molecular weight excluding hydrogens is 384 g/mol. The van der Waals surface area contributed by atoms with E-state index in [0.717, 1.165) is 42.4 Å². The third-order valence-corrected chi connectivity index (χ3v) is 8.72. The van der Waals surface area contributed by atoms with Crippen LogP contribution in [0, 0.1) is 47.3 Å². The number of aryl methyl sites for hydroxylation is 1. The first-order valence-electron chi connectivity index (χ1n) is 10.9. The van der Waals surface area contributed by atoms with Crippen LogP contribution in [0.4, 0.5) is 0 Å². The van der Waals surface area contributed by atoms with Crippen molar-refractivity contribution in [2.75, 3.05) is 0 Å². The van der Waals surface area contributed by atoms with Gasteiger partial charge in [-0.3, -0.25) is 19.2 Å². The smallest absolute Gasteiger partial charge is 0.318 e. The first-order chi connectivity index (χ1) is 14.6. The minimum Gasteiger partial charge on any atom is -0.393 e. The van der Waals surface area contributed by atoms with Gasteiger partial charge in [-0.2, -0.15) is 0 Å². The van der Waals surface area contributed by atoms with Crippen molar-refractivity contribution >= 4 is 29.5 Å². The van der Waals surface area contributed by atoms with Gasteiger partial charge in [0, 0.05) is 0 Å². The van der Waals surface area contributed by atoms with Crippen molar-refractivity contribution < 1.29 is 28.7 Å². The van der Waals surface area contributed by atoms with Gasteiger partial charge in [0.15, 0.2) is 0 Å². The Labute approximate surface area is 172 Å². The molecule has 2 bridgehead atoms. The summed E-state index contributed by atoms with van der Waals surface area (Å²) in [5.41, 5.74) is 4.68. The molecule has 8 unspecified atom stereocenters. The maximum absolute atomic E-state index is 12.9. The van der Waals surface area contributed by atoms with E-state index in [4.69, 9.17) is 9.47 Å². The number of esters is 4. The molecule has 0 spiro atoms. The van der Waals surface area contributed by atoms with E-state index in [0.29, 0.717) is 0 Å². The van der Waals surface area contributed by atoms with E-state index in [1.807, 2.05) is 12.1 Å². The lowest BCUT2D eigenvalue weighted by Crippen LogP contribution is -2.55. The van der Waals surface area contributed by atoms with Crippen LogP contribution < -0.4 is 0 Å². The van der Waals surface area contributed by atoms with E-state index in [-0.39, 0.29) is 23.7 Å². The minimum atomic E-state index is -0.538. The van der Waals surface area contributed by atoms with Crippen LogP contribution >= 0.6 is 0 Å². The van der Waals surface area contributed by atoms with Crippen molar-refractivity contribution in [2.24, 2.45) is 47.3 Å². The monoisotopic (exact) mass is 404 g/mol. The van der Waals surface area contributed by atoms with E-state index < -0.39 is 47.5 Å². The van der Waals surface area contributed by atoms with Crippen molar-refractivity contribution in [2.45, 2.75) is 25.7 Å². The summed E-state index contributed by atoms with van der Waals surface area (Å²) in [7, 11) is 0. The molecule has 6 nitrogen and oxygen atoms in total. The van der Waals surface area contributed by atoms with Crippen LogP contribution in [0.15, 0.2) is 29.8 Å². The molecule has 0 amide bonds. The third-order valence-electron chi connectivity index (χ3n) is 8.72. The predicted molar refractivity (Wildman–Crippen MR) is 101 cm³/mol. The molecule has 2 aliphatic heterocycles. The van der Waals surface area contributed by atoms with Gasteiger partial charge in [0.2, 0.25) is 0 Å². The normalized spacial score (nSPS) is 42.8. The Kier molecular flexibility index (Phi) is 3.10. The summed E-state index contributed by atoms with van der Waals surface area (Å²) in [5, 5.41) is 0. The second-order valence-electron chi connectivity index (χ2n) is 9.63. The molecule has 152 valence electrons. The average Bonchev–Trinajstić information content (AvgIpc) is 3.24. The summed E-state index contributed by atoms with van der Waals surface area (Å²) in [5.74, 6) is -4.25. The number of carbonyl (C=O) groups is 4. The quantitative estimate of drug-likeness (QED) is 0.487. The van der Waals surface area contributed by atoms with Gasteiger partial charge in [-0.05, 0) is 66.1 Å². The molecule has 0 radical (unpaired) electrons. The van der Waals surface area contributed by atoms with Gasteiger partial charge in [0.25, 0.3) is 0 Å². The lowest BCUT2D eigenvalue weighted by Gasteiger charge is -2.56. The van der Waals surface area contributed by atoms with Crippen LogP contribution in [0.1, 0.15) is 30.4 Å². The molecular formula is C24H20O6. The molecule has 1 aromatic carbocycles. The summed E-state index contributed by atoms with van der Waals surface area (Å²) in [6.07, 6.45) is 3.24. The zero-order valence-corrected chi connectivity index (χ0v) is 16.2. The van der Waals surface area contributed by atoms with Crippen LogP contribution in [0.25, 0.3) is 5.57 Å². The van der Waals surface area contributed by atoms with Crippen LogP contribution in [0.2, 0.25) is 0 Å². The highest BCUT2D eigenvalue weighted by Gasteiger charge is 2.68. The molecule has 8 atom stereocenters. The fourth-order valence-electron chi connectivity index (χ4n) is 7.88. The first kappa shape index (κ1) is 17.0. The number of carbonyl (C=O) groups excluding carboxylic acids is 4. The SMILES string of the molecule is O=C1OC(=O)C2C3CCC(C4=C5c6ccccc6CCC5C5C(=O)OC(=O)C5C43)C12. The van der Waals surface area contributed by atoms with E-state index in [9.17, 15) is 19.2 Å². The van der Waals surface area contributed by atoms with E-state index in [1.165, 1.54) is 5.56 Å². The third kappa shape index (κ3) is 1.82. The van der Waals surface area contributed by atoms with Gasteiger partial charge < -0.3 is 9.47 Å². The van der Waals surface area contributed by atoms with Crippen molar-refractivity contribution in [1.29, 1.82) is 0 Å². The minimum absolute atomic E-state index is 0.0685. The zero-order valence-electron chi connectivity index (χ0n) is 16.2. The Morgan fingerprint density at radius 1 is 0.667 bits per heavy atom. The maximum atomic E-state index is 12.9. The molecule has 3 saturated carbocycles. The average molecular weight is 404 g/mol. The standard InChI is InChI=1S/C24H20O6/c25-21-17-12-7-8-13(18(17)22(26)29-21)16-15(12)14-10-4-2-1-3-9(10)5-6-11(14)19-20(16)24(28)30-23(19)27/h1-4,11-13,16-20H,5-8H2. The summed E-state index contributed by atoms with van der Waals surface area (Å²) in [6.45, 7) is 0. The fraction of sp³-hybridized carbons (Fsp3) is 0.500. The lowest BCUT2D eigenvalue weighted by molar-refractivity contribution is -0.156. The van der Waals surface area contributed by atoms with Crippen LogP contribution in [0.5, 0.6) is 0 Å². The van der Waals surface area contributed by atoms with Gasteiger partial charge in [-0.15, -0.1) is 0 Å². The Bertz CT molecular complexity index is 1100. The number of fused-ring (bicyclic) bond motifs is 6. The number of benzene rings is 1. The van der Waals surface area contributed by atoms with E-state index in [2.05, 4.69) is 12.1 Å². The highest BCUT2D eigenvalue weighted by Crippen LogP contribution is 2.66. The largest absolute Gasteiger partial charge is 0.393 e. The molecule has 0 N–H and O–H groups in total. The number of cyclic esters (lactones) is 4. The van der Waals surface area contributed by atoms with Gasteiger partial charge >= 0.3 is 23.9 Å². The zero-order chi connectivity index (χ0) is 20.3. The Balaban J connectivity index is 1.53. The van der Waals surface area contributed by atoms with Crippen molar-refractivity contribution in [3.63, 3.8) is 0 Å². The van der Waals surface area contributed by atoms with Gasteiger partial charge in [-0.1, -0.05) is 29.8 Å². The number of hydrogen-bond donors (Lipinski definition) is 0. The molecule has 6 heteroatoms. The Hall–Kier alpha value is -2.76. The van der Waals surface area contributed by atoms with E-state index >= 15 is 0 Å². The molecule has 5 fully saturated rings. The van der Waals surface area contributed by atoms with Crippen molar-refractivity contribution in [1.82, 2.24) is 0 Å². The van der Waals surface area contributed by atoms with Crippen LogP contribution in [-0.2, 0) is 35.1 Å². The molecule has 8 rings (SSSR count). The van der Waals surface area contributed by atoms with Crippen molar-refractivity contribution in [3.8, 4) is 0 Å². The number of allylic oxidation sites excluding steroid dienone is 2. The summed E-state index contributed by atoms with van der Waals surface area (Å²) in [4.78, 5) is 50.8. The van der Waals surface area contributed by atoms with Gasteiger partial charge in [0.1, 0.15) is 0 Å². The number of ether oxygens (including phenoxy) is 2. The Morgan fingerprint density at radius 3 is 2.13 bits per heavy atom.